The van der Waals surface area contributed by atoms with Gasteiger partial charge in [0.15, 0.2) is 11.0 Å². The summed E-state index contributed by atoms with van der Waals surface area (Å²) in [6.07, 6.45) is 3.80. The van der Waals surface area contributed by atoms with Gasteiger partial charge < -0.3 is 11.1 Å². The molecule has 1 aromatic rings. The lowest BCUT2D eigenvalue weighted by atomic mass is 10.3. The van der Waals surface area contributed by atoms with Crippen molar-refractivity contribution in [2.45, 2.75) is 25.8 Å². The second-order valence-electron chi connectivity index (χ2n) is 3.58. The fourth-order valence-corrected chi connectivity index (χ4v) is 1.67. The van der Waals surface area contributed by atoms with E-state index in [0.717, 1.165) is 5.92 Å². The first kappa shape index (κ1) is 9.52. The van der Waals surface area contributed by atoms with E-state index in [1.54, 1.807) is 0 Å². The molecule has 1 aromatic heterocycles. The zero-order chi connectivity index (χ0) is 10.1. The standard InChI is InChI=1S/C9H13ClN4/c1-2-5-3-6(5)14-9-7(11)8(10)12-4-13-9/h4-6H,2-3,11H2,1H3,(H,12,13,14). The maximum Gasteiger partial charge on any atom is 0.157 e. The van der Waals surface area contributed by atoms with Crippen LogP contribution in [0.5, 0.6) is 0 Å². The summed E-state index contributed by atoms with van der Waals surface area (Å²) in [5.74, 6) is 1.41. The van der Waals surface area contributed by atoms with Gasteiger partial charge in [-0.05, 0) is 12.3 Å². The molecule has 0 aliphatic heterocycles. The van der Waals surface area contributed by atoms with E-state index in [4.69, 9.17) is 17.3 Å². The summed E-state index contributed by atoms with van der Waals surface area (Å²) in [5.41, 5.74) is 6.17. The van der Waals surface area contributed by atoms with Crippen LogP contribution in [0.1, 0.15) is 19.8 Å². The van der Waals surface area contributed by atoms with Crippen LogP contribution in [-0.4, -0.2) is 16.0 Å². The van der Waals surface area contributed by atoms with Crippen LogP contribution in [0.3, 0.4) is 0 Å². The van der Waals surface area contributed by atoms with Crippen molar-refractivity contribution in [1.82, 2.24) is 9.97 Å². The minimum Gasteiger partial charge on any atom is -0.393 e. The van der Waals surface area contributed by atoms with E-state index in [9.17, 15) is 0 Å². The van der Waals surface area contributed by atoms with Gasteiger partial charge in [0.2, 0.25) is 0 Å². The SMILES string of the molecule is CCC1CC1Nc1ncnc(Cl)c1N. The number of nitrogens with one attached hydrogen (secondary N) is 1. The van der Waals surface area contributed by atoms with Crippen molar-refractivity contribution in [2.75, 3.05) is 11.1 Å². The number of anilines is 2. The van der Waals surface area contributed by atoms with Crippen LogP contribution in [0.2, 0.25) is 5.15 Å². The topological polar surface area (TPSA) is 63.8 Å². The van der Waals surface area contributed by atoms with E-state index in [0.29, 0.717) is 22.7 Å². The highest BCUT2D eigenvalue weighted by atomic mass is 35.5. The summed E-state index contributed by atoms with van der Waals surface area (Å²) in [6.45, 7) is 2.18. The molecule has 4 nitrogen and oxygen atoms in total. The predicted octanol–water partition coefficient (Wildman–Crippen LogP) is 1.92. The molecule has 1 aliphatic rings. The number of halogens is 1. The van der Waals surface area contributed by atoms with E-state index < -0.39 is 0 Å². The summed E-state index contributed by atoms with van der Waals surface area (Å²) in [5, 5.41) is 3.58. The lowest BCUT2D eigenvalue weighted by molar-refractivity contribution is 0.773. The molecule has 1 aliphatic carbocycles. The molecule has 0 amide bonds. The second kappa shape index (κ2) is 3.61. The van der Waals surface area contributed by atoms with Gasteiger partial charge in [-0.1, -0.05) is 24.9 Å². The molecule has 1 heterocycles. The van der Waals surface area contributed by atoms with Gasteiger partial charge >= 0.3 is 0 Å². The summed E-state index contributed by atoms with van der Waals surface area (Å²) in [4.78, 5) is 7.85. The van der Waals surface area contributed by atoms with E-state index in [-0.39, 0.29) is 0 Å². The summed E-state index contributed by atoms with van der Waals surface area (Å²) < 4.78 is 0. The van der Waals surface area contributed by atoms with Gasteiger partial charge in [-0.3, -0.25) is 0 Å². The number of nitrogen functional groups attached to an aromatic ring is 1. The average molecular weight is 213 g/mol. The number of hydrogen-bond acceptors (Lipinski definition) is 4. The van der Waals surface area contributed by atoms with Crippen molar-refractivity contribution in [3.8, 4) is 0 Å². The van der Waals surface area contributed by atoms with Gasteiger partial charge in [-0.2, -0.15) is 0 Å². The Hall–Kier alpha value is -1.03. The third-order valence-corrected chi connectivity index (χ3v) is 2.91. The van der Waals surface area contributed by atoms with Crippen molar-refractivity contribution in [3.63, 3.8) is 0 Å². The molecule has 0 saturated heterocycles. The number of rotatable bonds is 3. The smallest absolute Gasteiger partial charge is 0.157 e. The van der Waals surface area contributed by atoms with Crippen LogP contribution in [0.25, 0.3) is 0 Å². The van der Waals surface area contributed by atoms with Crippen molar-refractivity contribution in [1.29, 1.82) is 0 Å². The molecule has 2 atom stereocenters. The highest BCUT2D eigenvalue weighted by Crippen LogP contribution is 2.37. The fourth-order valence-electron chi connectivity index (χ4n) is 1.54. The maximum absolute atomic E-state index is 5.77. The highest BCUT2D eigenvalue weighted by molar-refractivity contribution is 6.32. The van der Waals surface area contributed by atoms with Gasteiger partial charge in [0.25, 0.3) is 0 Å². The van der Waals surface area contributed by atoms with E-state index >= 15 is 0 Å². The van der Waals surface area contributed by atoms with Gasteiger partial charge in [-0.25, -0.2) is 9.97 Å². The lowest BCUT2D eigenvalue weighted by Gasteiger charge is -2.07. The minimum absolute atomic E-state index is 0.316. The lowest BCUT2D eigenvalue weighted by Crippen LogP contribution is -2.09. The number of nitrogens with two attached hydrogens (primary N) is 1. The maximum atomic E-state index is 5.77. The monoisotopic (exact) mass is 212 g/mol. The molecular weight excluding hydrogens is 200 g/mol. The molecule has 0 spiro atoms. The third-order valence-electron chi connectivity index (χ3n) is 2.60. The summed E-state index contributed by atoms with van der Waals surface area (Å²) in [7, 11) is 0. The molecule has 2 unspecified atom stereocenters. The highest BCUT2D eigenvalue weighted by Gasteiger charge is 2.35. The first-order chi connectivity index (χ1) is 6.72. The molecule has 1 saturated carbocycles. The van der Waals surface area contributed by atoms with Gasteiger partial charge in [0.05, 0.1) is 0 Å². The van der Waals surface area contributed by atoms with Crippen molar-refractivity contribution in [2.24, 2.45) is 5.92 Å². The zero-order valence-electron chi connectivity index (χ0n) is 8.00. The van der Waals surface area contributed by atoms with Crippen molar-refractivity contribution < 1.29 is 0 Å². The van der Waals surface area contributed by atoms with Crippen LogP contribution < -0.4 is 11.1 Å². The molecule has 14 heavy (non-hydrogen) atoms. The molecule has 0 radical (unpaired) electrons. The Morgan fingerprint density at radius 2 is 2.43 bits per heavy atom. The van der Waals surface area contributed by atoms with Crippen LogP contribution in [-0.2, 0) is 0 Å². The largest absolute Gasteiger partial charge is 0.393 e. The normalized spacial score (nSPS) is 24.7. The Kier molecular flexibility index (Phi) is 2.46. The molecule has 1 fully saturated rings. The molecule has 2 rings (SSSR count). The predicted molar refractivity (Wildman–Crippen MR) is 57.3 cm³/mol. The summed E-state index contributed by atoms with van der Waals surface area (Å²) >= 11 is 5.77. The Labute approximate surface area is 87.9 Å². The van der Waals surface area contributed by atoms with Crippen LogP contribution in [0.15, 0.2) is 6.33 Å². The van der Waals surface area contributed by atoms with Crippen molar-refractivity contribution >= 4 is 23.1 Å². The molecular formula is C9H13ClN4. The number of nitrogens with zero attached hydrogens (tertiary/aromatic N) is 2. The van der Waals surface area contributed by atoms with Gasteiger partial charge in [-0.15, -0.1) is 0 Å². The third kappa shape index (κ3) is 1.75. The van der Waals surface area contributed by atoms with E-state index in [2.05, 4.69) is 22.2 Å². The van der Waals surface area contributed by atoms with Gasteiger partial charge in [0, 0.05) is 6.04 Å². The van der Waals surface area contributed by atoms with Crippen molar-refractivity contribution in [3.05, 3.63) is 11.5 Å². The molecule has 0 bridgehead atoms. The van der Waals surface area contributed by atoms with Crippen LogP contribution >= 0.6 is 11.6 Å². The Morgan fingerprint density at radius 1 is 1.64 bits per heavy atom. The van der Waals surface area contributed by atoms with Crippen LogP contribution in [0, 0.1) is 5.92 Å². The van der Waals surface area contributed by atoms with E-state index in [1.807, 2.05) is 0 Å². The van der Waals surface area contributed by atoms with Crippen LogP contribution in [0.4, 0.5) is 11.5 Å². The number of aromatic nitrogens is 2. The number of hydrogen-bond donors (Lipinski definition) is 2. The quantitative estimate of drug-likeness (QED) is 0.752. The van der Waals surface area contributed by atoms with Gasteiger partial charge in [0.1, 0.15) is 12.0 Å². The van der Waals surface area contributed by atoms with E-state index in [1.165, 1.54) is 19.2 Å². The molecule has 0 aromatic carbocycles. The minimum atomic E-state index is 0.316. The summed E-state index contributed by atoms with van der Waals surface area (Å²) in [6, 6.07) is 0.508. The Morgan fingerprint density at radius 3 is 3.07 bits per heavy atom. The average Bonchev–Trinajstić information content (AvgIpc) is 2.92. The molecule has 5 heteroatoms. The Bertz CT molecular complexity index is 342. The first-order valence-corrected chi connectivity index (χ1v) is 5.12. The zero-order valence-corrected chi connectivity index (χ0v) is 8.75. The first-order valence-electron chi connectivity index (χ1n) is 4.75. The fraction of sp³-hybridized carbons (Fsp3) is 0.556. The Balaban J connectivity index is 2.07. The second-order valence-corrected chi connectivity index (χ2v) is 3.94. The molecule has 3 N–H and O–H groups in total. The molecule has 76 valence electrons.